The van der Waals surface area contributed by atoms with Crippen molar-refractivity contribution in [1.82, 2.24) is 14.7 Å². The van der Waals surface area contributed by atoms with Crippen molar-refractivity contribution in [3.8, 4) is 0 Å². The summed E-state index contributed by atoms with van der Waals surface area (Å²) < 4.78 is 16.0. The summed E-state index contributed by atoms with van der Waals surface area (Å²) in [5.74, 6) is -0.826. The topological polar surface area (TPSA) is 101 Å². The molecule has 0 saturated carbocycles. The molecule has 1 atom stereocenters. The van der Waals surface area contributed by atoms with Crippen LogP contribution in [0.15, 0.2) is 29.1 Å². The highest BCUT2D eigenvalue weighted by Crippen LogP contribution is 2.26. The number of amides is 1. The maximum atomic E-state index is 14.2. The smallest absolute Gasteiger partial charge is 0.274 e. The average molecular weight is 486 g/mol. The Hall–Kier alpha value is -1.85. The van der Waals surface area contributed by atoms with Crippen LogP contribution in [-0.4, -0.2) is 50.4 Å². The zero-order valence-corrected chi connectivity index (χ0v) is 17.1. The Balaban J connectivity index is 1.92. The normalized spacial score (nSPS) is 16.7. The van der Waals surface area contributed by atoms with Crippen molar-refractivity contribution in [3.63, 3.8) is 0 Å². The fourth-order valence-electron chi connectivity index (χ4n) is 2.96. The minimum absolute atomic E-state index is 0.0678. The SMILES string of the molecule is C[C@H](N)C1(O)CN(C(=O)c2nn(C)c(=O)cc2Cc2ccc(I)cc2F)C1. The number of nitrogens with zero attached hydrogens (tertiary/aromatic N) is 3. The van der Waals surface area contributed by atoms with E-state index in [-0.39, 0.29) is 30.8 Å². The minimum atomic E-state index is -1.13. The van der Waals surface area contributed by atoms with Gasteiger partial charge in [-0.1, -0.05) is 6.07 Å². The maximum Gasteiger partial charge on any atom is 0.274 e. The van der Waals surface area contributed by atoms with Crippen LogP contribution in [0.3, 0.4) is 0 Å². The molecule has 1 aromatic carbocycles. The third-order valence-electron chi connectivity index (χ3n) is 4.83. The molecule has 2 aromatic rings. The van der Waals surface area contributed by atoms with Crippen molar-refractivity contribution in [1.29, 1.82) is 0 Å². The van der Waals surface area contributed by atoms with Gasteiger partial charge in [0.15, 0.2) is 5.69 Å². The molecule has 9 heteroatoms. The number of likely N-dealkylation sites (tertiary alicyclic amines) is 1. The van der Waals surface area contributed by atoms with Gasteiger partial charge < -0.3 is 15.7 Å². The van der Waals surface area contributed by atoms with Gasteiger partial charge in [-0.25, -0.2) is 9.07 Å². The van der Waals surface area contributed by atoms with E-state index in [0.29, 0.717) is 11.1 Å². The first-order valence-corrected chi connectivity index (χ1v) is 9.47. The molecular formula is C18H20FIN4O3. The average Bonchev–Trinajstić information content (AvgIpc) is 2.56. The number of halogens is 2. The van der Waals surface area contributed by atoms with Gasteiger partial charge in [0.25, 0.3) is 11.5 Å². The van der Waals surface area contributed by atoms with Gasteiger partial charge in [0.1, 0.15) is 11.4 Å². The molecule has 144 valence electrons. The zero-order chi connectivity index (χ0) is 19.9. The molecule has 1 aliphatic rings. The van der Waals surface area contributed by atoms with Gasteiger partial charge in [0.05, 0.1) is 13.1 Å². The molecule has 1 aromatic heterocycles. The lowest BCUT2D eigenvalue weighted by Gasteiger charge is -2.48. The second kappa shape index (κ2) is 7.28. The number of hydrogen-bond donors (Lipinski definition) is 2. The van der Waals surface area contributed by atoms with Crippen molar-refractivity contribution in [2.24, 2.45) is 12.8 Å². The van der Waals surface area contributed by atoms with E-state index in [9.17, 15) is 19.1 Å². The van der Waals surface area contributed by atoms with Gasteiger partial charge in [0.2, 0.25) is 0 Å². The molecule has 3 rings (SSSR count). The summed E-state index contributed by atoms with van der Waals surface area (Å²) in [6, 6.07) is 5.60. The van der Waals surface area contributed by atoms with Crippen LogP contribution < -0.4 is 11.3 Å². The summed E-state index contributed by atoms with van der Waals surface area (Å²) in [6.07, 6.45) is 0.0678. The molecule has 0 radical (unpaired) electrons. The largest absolute Gasteiger partial charge is 0.385 e. The van der Waals surface area contributed by atoms with Crippen molar-refractivity contribution in [2.75, 3.05) is 13.1 Å². The minimum Gasteiger partial charge on any atom is -0.385 e. The third-order valence-corrected chi connectivity index (χ3v) is 5.50. The first kappa shape index (κ1) is 19.9. The molecule has 0 aliphatic carbocycles. The Labute approximate surface area is 169 Å². The predicted molar refractivity (Wildman–Crippen MR) is 106 cm³/mol. The van der Waals surface area contributed by atoms with E-state index in [1.807, 2.05) is 22.6 Å². The van der Waals surface area contributed by atoms with Crippen LogP contribution in [0, 0.1) is 9.39 Å². The van der Waals surface area contributed by atoms with E-state index in [2.05, 4.69) is 5.10 Å². The number of β-amino-alcohol motifs (C(OH)–C–C–N with tert-alkyl or cyclic N) is 1. The van der Waals surface area contributed by atoms with Crippen LogP contribution in [0.1, 0.15) is 28.5 Å². The van der Waals surface area contributed by atoms with Crippen LogP contribution in [-0.2, 0) is 13.5 Å². The van der Waals surface area contributed by atoms with Gasteiger partial charge in [0, 0.05) is 29.1 Å². The molecule has 0 bridgehead atoms. The lowest BCUT2D eigenvalue weighted by atomic mass is 9.87. The predicted octanol–water partition coefficient (Wildman–Crippen LogP) is 0.649. The third kappa shape index (κ3) is 3.90. The van der Waals surface area contributed by atoms with Gasteiger partial charge in [-0.2, -0.15) is 5.10 Å². The Morgan fingerprint density at radius 2 is 2.07 bits per heavy atom. The van der Waals surface area contributed by atoms with Crippen molar-refractivity contribution < 1.29 is 14.3 Å². The summed E-state index contributed by atoms with van der Waals surface area (Å²) in [5, 5.41) is 14.4. The highest BCUT2D eigenvalue weighted by molar-refractivity contribution is 14.1. The zero-order valence-electron chi connectivity index (χ0n) is 14.9. The van der Waals surface area contributed by atoms with Crippen molar-refractivity contribution in [2.45, 2.75) is 25.0 Å². The monoisotopic (exact) mass is 486 g/mol. The van der Waals surface area contributed by atoms with E-state index in [1.165, 1.54) is 24.1 Å². The fraction of sp³-hybridized carbons (Fsp3) is 0.389. The Bertz CT molecular complexity index is 954. The Kier molecular flexibility index (Phi) is 5.37. The number of nitrogens with two attached hydrogens (primary N) is 1. The number of carbonyl (C=O) groups excluding carboxylic acids is 1. The van der Waals surface area contributed by atoms with Crippen molar-refractivity contribution >= 4 is 28.5 Å². The summed E-state index contributed by atoms with van der Waals surface area (Å²) in [5.41, 5.74) is 5.02. The molecule has 1 fully saturated rings. The highest BCUT2D eigenvalue weighted by Gasteiger charge is 2.47. The Morgan fingerprint density at radius 1 is 1.41 bits per heavy atom. The standard InChI is InChI=1S/C18H20FIN4O3/c1-10(21)18(27)8-24(9-18)17(26)16-12(6-15(25)23(2)22-16)5-11-3-4-13(20)7-14(11)19/h3-4,6-7,10,27H,5,8-9,21H2,1-2H3/t10-/m0/s1. The number of hydrogen-bond acceptors (Lipinski definition) is 5. The Morgan fingerprint density at radius 3 is 2.67 bits per heavy atom. The molecule has 0 unspecified atom stereocenters. The van der Waals surface area contributed by atoms with Gasteiger partial charge >= 0.3 is 0 Å². The molecule has 27 heavy (non-hydrogen) atoms. The number of benzene rings is 1. The maximum absolute atomic E-state index is 14.2. The van der Waals surface area contributed by atoms with E-state index in [0.717, 1.165) is 8.25 Å². The second-order valence-corrected chi connectivity index (χ2v) is 8.19. The summed E-state index contributed by atoms with van der Waals surface area (Å²) >= 11 is 2.01. The molecule has 1 aliphatic heterocycles. The van der Waals surface area contributed by atoms with Crippen molar-refractivity contribution in [3.05, 3.63) is 60.8 Å². The molecule has 0 spiro atoms. The fourth-order valence-corrected chi connectivity index (χ4v) is 3.41. The van der Waals surface area contributed by atoms with E-state index >= 15 is 0 Å². The molecule has 3 N–H and O–H groups in total. The number of aromatic nitrogens is 2. The summed E-state index contributed by atoms with van der Waals surface area (Å²) in [7, 11) is 1.45. The van der Waals surface area contributed by atoms with Crippen LogP contribution in [0.4, 0.5) is 4.39 Å². The van der Waals surface area contributed by atoms with Crippen LogP contribution in [0.5, 0.6) is 0 Å². The summed E-state index contributed by atoms with van der Waals surface area (Å²) in [6.45, 7) is 1.86. The summed E-state index contributed by atoms with van der Waals surface area (Å²) in [4.78, 5) is 26.3. The quantitative estimate of drug-likeness (QED) is 0.619. The lowest BCUT2D eigenvalue weighted by Crippen LogP contribution is -2.70. The molecule has 1 amide bonds. The van der Waals surface area contributed by atoms with Gasteiger partial charge in [-0.3, -0.25) is 9.59 Å². The second-order valence-electron chi connectivity index (χ2n) is 6.95. The first-order valence-electron chi connectivity index (χ1n) is 8.39. The molecule has 7 nitrogen and oxygen atoms in total. The molecule has 1 saturated heterocycles. The van der Waals surface area contributed by atoms with Gasteiger partial charge in [-0.05, 0) is 52.8 Å². The van der Waals surface area contributed by atoms with Crippen LogP contribution in [0.25, 0.3) is 0 Å². The highest BCUT2D eigenvalue weighted by atomic mass is 127. The van der Waals surface area contributed by atoms with E-state index in [4.69, 9.17) is 5.73 Å². The number of aliphatic hydroxyl groups is 1. The van der Waals surface area contributed by atoms with Gasteiger partial charge in [-0.15, -0.1) is 0 Å². The van der Waals surface area contributed by atoms with Crippen LogP contribution >= 0.6 is 22.6 Å². The number of aryl methyl sites for hydroxylation is 1. The van der Waals surface area contributed by atoms with E-state index in [1.54, 1.807) is 19.1 Å². The number of rotatable bonds is 4. The first-order chi connectivity index (χ1) is 12.6. The molecule has 2 heterocycles. The number of carbonyl (C=O) groups is 1. The molecular weight excluding hydrogens is 466 g/mol. The lowest BCUT2D eigenvalue weighted by molar-refractivity contribution is -0.0933. The van der Waals surface area contributed by atoms with E-state index < -0.39 is 23.4 Å². The van der Waals surface area contributed by atoms with Crippen LogP contribution in [0.2, 0.25) is 0 Å².